The molecule has 30 heavy (non-hydrogen) atoms. The van der Waals surface area contributed by atoms with Gasteiger partial charge in [0.25, 0.3) is 0 Å². The molecule has 0 saturated carbocycles. The molecule has 0 aliphatic carbocycles. The zero-order valence-electron chi connectivity index (χ0n) is 16.5. The number of hydrogen-bond donors (Lipinski definition) is 1. The van der Waals surface area contributed by atoms with Crippen molar-refractivity contribution in [3.8, 4) is 17.4 Å². The third-order valence-electron chi connectivity index (χ3n) is 4.54. The Labute approximate surface area is 174 Å². The number of nitrogens with one attached hydrogen (secondary N) is 1. The maximum absolute atomic E-state index is 12.2. The summed E-state index contributed by atoms with van der Waals surface area (Å²) in [4.78, 5) is 24.8. The minimum Gasteiger partial charge on any atom is -0.439 e. The molecule has 0 spiro atoms. The third kappa shape index (κ3) is 4.88. The van der Waals surface area contributed by atoms with Crippen molar-refractivity contribution in [2.24, 2.45) is 0 Å². The molecule has 150 valence electrons. The summed E-state index contributed by atoms with van der Waals surface area (Å²) in [6, 6.07) is 18.9. The molecular weight excluding hydrogens is 378 g/mol. The zero-order valence-corrected chi connectivity index (χ0v) is 16.5. The van der Waals surface area contributed by atoms with Crippen molar-refractivity contribution in [2.75, 3.05) is 5.32 Å². The number of rotatable bonds is 7. The SMILES string of the molecule is Cc1nccn1-c1cc(Oc2ccc(NC(=O)CCc3ccccc3)cc2)ncn1. The summed E-state index contributed by atoms with van der Waals surface area (Å²) in [5, 5.41) is 2.91. The Hall–Kier alpha value is -4.00. The second-order valence-electron chi connectivity index (χ2n) is 6.72. The first-order valence-corrected chi connectivity index (χ1v) is 9.61. The molecule has 0 unspecified atom stereocenters. The average molecular weight is 399 g/mol. The molecule has 1 N–H and O–H groups in total. The maximum Gasteiger partial charge on any atom is 0.224 e. The van der Waals surface area contributed by atoms with E-state index in [9.17, 15) is 4.79 Å². The Kier molecular flexibility index (Phi) is 5.80. The fourth-order valence-corrected chi connectivity index (χ4v) is 2.99. The monoisotopic (exact) mass is 399 g/mol. The molecule has 4 aromatic rings. The van der Waals surface area contributed by atoms with E-state index in [4.69, 9.17) is 4.74 Å². The molecule has 0 atom stereocenters. The Morgan fingerprint density at radius 1 is 1.03 bits per heavy atom. The molecule has 7 heteroatoms. The van der Waals surface area contributed by atoms with Crippen LogP contribution in [0.4, 0.5) is 5.69 Å². The van der Waals surface area contributed by atoms with Gasteiger partial charge in [-0.2, -0.15) is 0 Å². The quantitative estimate of drug-likeness (QED) is 0.500. The highest BCUT2D eigenvalue weighted by Gasteiger charge is 2.07. The molecule has 0 bridgehead atoms. The van der Waals surface area contributed by atoms with Crippen LogP contribution in [-0.2, 0) is 11.2 Å². The van der Waals surface area contributed by atoms with Crippen LogP contribution in [0.3, 0.4) is 0 Å². The van der Waals surface area contributed by atoms with Crippen molar-refractivity contribution < 1.29 is 9.53 Å². The summed E-state index contributed by atoms with van der Waals surface area (Å²) >= 11 is 0. The van der Waals surface area contributed by atoms with Crippen LogP contribution in [-0.4, -0.2) is 25.4 Å². The highest BCUT2D eigenvalue weighted by molar-refractivity contribution is 5.90. The van der Waals surface area contributed by atoms with Crippen LogP contribution in [0.1, 0.15) is 17.8 Å². The van der Waals surface area contributed by atoms with E-state index in [0.717, 1.165) is 17.1 Å². The van der Waals surface area contributed by atoms with Gasteiger partial charge in [0.15, 0.2) is 0 Å². The molecular formula is C23H21N5O2. The van der Waals surface area contributed by atoms with Crippen LogP contribution in [0.25, 0.3) is 5.82 Å². The van der Waals surface area contributed by atoms with E-state index in [1.807, 2.05) is 48.0 Å². The topological polar surface area (TPSA) is 81.9 Å². The second-order valence-corrected chi connectivity index (χ2v) is 6.72. The predicted molar refractivity (Wildman–Crippen MR) is 114 cm³/mol. The van der Waals surface area contributed by atoms with Gasteiger partial charge >= 0.3 is 0 Å². The van der Waals surface area contributed by atoms with Crippen LogP contribution in [0.5, 0.6) is 11.6 Å². The zero-order chi connectivity index (χ0) is 20.8. The number of aromatic nitrogens is 4. The first kappa shape index (κ1) is 19.3. The van der Waals surface area contributed by atoms with Crippen LogP contribution in [0.15, 0.2) is 79.4 Å². The van der Waals surface area contributed by atoms with Gasteiger partial charge < -0.3 is 10.1 Å². The van der Waals surface area contributed by atoms with E-state index in [1.165, 1.54) is 6.33 Å². The lowest BCUT2D eigenvalue weighted by Crippen LogP contribution is -2.12. The van der Waals surface area contributed by atoms with Gasteiger partial charge in [0.1, 0.15) is 23.7 Å². The van der Waals surface area contributed by atoms with Crippen molar-refractivity contribution in [3.05, 3.63) is 90.8 Å². The van der Waals surface area contributed by atoms with Gasteiger partial charge in [0.05, 0.1) is 0 Å². The van der Waals surface area contributed by atoms with Gasteiger partial charge in [-0.15, -0.1) is 0 Å². The number of aryl methyl sites for hydroxylation is 2. The molecule has 2 aromatic carbocycles. The largest absolute Gasteiger partial charge is 0.439 e. The third-order valence-corrected chi connectivity index (χ3v) is 4.54. The van der Waals surface area contributed by atoms with Crippen molar-refractivity contribution >= 4 is 11.6 Å². The first-order valence-electron chi connectivity index (χ1n) is 9.61. The van der Waals surface area contributed by atoms with E-state index in [-0.39, 0.29) is 5.91 Å². The summed E-state index contributed by atoms with van der Waals surface area (Å²) in [5.41, 5.74) is 1.87. The number of anilines is 1. The summed E-state index contributed by atoms with van der Waals surface area (Å²) in [7, 11) is 0. The summed E-state index contributed by atoms with van der Waals surface area (Å²) in [6.07, 6.45) is 6.13. The van der Waals surface area contributed by atoms with E-state index in [0.29, 0.717) is 30.3 Å². The van der Waals surface area contributed by atoms with Crippen molar-refractivity contribution in [3.63, 3.8) is 0 Å². The maximum atomic E-state index is 12.2. The van der Waals surface area contributed by atoms with Gasteiger partial charge in [0, 0.05) is 30.6 Å². The Morgan fingerprint density at radius 3 is 2.57 bits per heavy atom. The van der Waals surface area contributed by atoms with E-state index >= 15 is 0 Å². The molecule has 1 amide bonds. The van der Waals surface area contributed by atoms with Crippen molar-refractivity contribution in [2.45, 2.75) is 19.8 Å². The summed E-state index contributed by atoms with van der Waals surface area (Å²) in [5.74, 6) is 2.52. The smallest absolute Gasteiger partial charge is 0.224 e. The summed E-state index contributed by atoms with van der Waals surface area (Å²) < 4.78 is 7.67. The normalized spacial score (nSPS) is 10.6. The van der Waals surface area contributed by atoms with Gasteiger partial charge in [-0.05, 0) is 43.2 Å². The number of carbonyl (C=O) groups is 1. The van der Waals surface area contributed by atoms with Crippen molar-refractivity contribution in [1.29, 1.82) is 0 Å². The van der Waals surface area contributed by atoms with Crippen LogP contribution >= 0.6 is 0 Å². The predicted octanol–water partition coefficient (Wildman–Crippen LogP) is 4.33. The van der Waals surface area contributed by atoms with E-state index in [2.05, 4.69) is 20.3 Å². The highest BCUT2D eigenvalue weighted by Crippen LogP contribution is 2.22. The summed E-state index contributed by atoms with van der Waals surface area (Å²) in [6.45, 7) is 1.90. The van der Waals surface area contributed by atoms with Crippen LogP contribution < -0.4 is 10.1 Å². The second kappa shape index (κ2) is 9.00. The molecule has 2 aromatic heterocycles. The molecule has 2 heterocycles. The fraction of sp³-hybridized carbons (Fsp3) is 0.130. The number of carbonyl (C=O) groups excluding carboxylic acids is 1. The number of nitrogens with zero attached hydrogens (tertiary/aromatic N) is 4. The van der Waals surface area contributed by atoms with Gasteiger partial charge in [-0.3, -0.25) is 9.36 Å². The average Bonchev–Trinajstić information content (AvgIpc) is 3.20. The number of amides is 1. The van der Waals surface area contributed by atoms with Gasteiger partial charge in [-0.25, -0.2) is 15.0 Å². The Bertz CT molecular complexity index is 1120. The van der Waals surface area contributed by atoms with Crippen LogP contribution in [0.2, 0.25) is 0 Å². The van der Waals surface area contributed by atoms with Crippen LogP contribution in [0, 0.1) is 6.92 Å². The van der Waals surface area contributed by atoms with Gasteiger partial charge in [0.2, 0.25) is 11.8 Å². The Morgan fingerprint density at radius 2 is 1.83 bits per heavy atom. The number of ether oxygens (including phenoxy) is 1. The first-order chi connectivity index (χ1) is 14.7. The fourth-order valence-electron chi connectivity index (χ4n) is 2.99. The standard InChI is InChI=1S/C23H21N5O2/c1-17-24-13-14-28(17)21-15-23(26-16-25-21)30-20-10-8-19(9-11-20)27-22(29)12-7-18-5-3-2-4-6-18/h2-6,8-11,13-16H,7,12H2,1H3,(H,27,29). The van der Waals surface area contributed by atoms with E-state index < -0.39 is 0 Å². The molecule has 0 fully saturated rings. The molecule has 0 aliphatic heterocycles. The lowest BCUT2D eigenvalue weighted by atomic mass is 10.1. The number of benzene rings is 2. The van der Waals surface area contributed by atoms with Crippen molar-refractivity contribution in [1.82, 2.24) is 19.5 Å². The molecule has 0 radical (unpaired) electrons. The number of hydrogen-bond acceptors (Lipinski definition) is 5. The van der Waals surface area contributed by atoms with Gasteiger partial charge in [-0.1, -0.05) is 30.3 Å². The minimum absolute atomic E-state index is 0.0244. The molecule has 0 saturated heterocycles. The lowest BCUT2D eigenvalue weighted by molar-refractivity contribution is -0.116. The molecule has 0 aliphatic rings. The molecule has 4 rings (SSSR count). The molecule has 7 nitrogen and oxygen atoms in total. The Balaban J connectivity index is 1.35. The highest BCUT2D eigenvalue weighted by atomic mass is 16.5. The lowest BCUT2D eigenvalue weighted by Gasteiger charge is -2.09. The number of imidazole rings is 1. The van der Waals surface area contributed by atoms with E-state index in [1.54, 1.807) is 36.5 Å². The minimum atomic E-state index is -0.0244.